The third-order valence-corrected chi connectivity index (χ3v) is 9.57. The lowest BCUT2D eigenvalue weighted by Crippen LogP contribution is -2.46. The molecule has 2 saturated heterocycles. The van der Waals surface area contributed by atoms with Gasteiger partial charge in [0.2, 0.25) is 11.8 Å². The summed E-state index contributed by atoms with van der Waals surface area (Å²) in [6, 6.07) is 23.2. The lowest BCUT2D eigenvalue weighted by molar-refractivity contribution is -0.253. The van der Waals surface area contributed by atoms with Crippen molar-refractivity contribution in [3.63, 3.8) is 0 Å². The Bertz CT molecular complexity index is 1460. The van der Waals surface area contributed by atoms with Gasteiger partial charge in [0.05, 0.1) is 24.4 Å². The molecule has 5 rings (SSSR count). The highest BCUT2D eigenvalue weighted by Gasteiger charge is 2.37. The number of nitrogens with zero attached hydrogens (tertiary/aromatic N) is 1. The van der Waals surface area contributed by atoms with Crippen molar-refractivity contribution in [2.75, 3.05) is 19.6 Å². The molecule has 3 atom stereocenters. The maximum Gasteiger partial charge on any atom is 0.243 e. The smallest absolute Gasteiger partial charge is 0.243 e. The minimum Gasteiger partial charge on any atom is -0.392 e. The highest BCUT2D eigenvalue weighted by Crippen LogP contribution is 2.39. The van der Waals surface area contributed by atoms with Crippen LogP contribution in [0.25, 0.3) is 0 Å². The lowest BCUT2D eigenvalue weighted by atomic mass is 9.84. The summed E-state index contributed by atoms with van der Waals surface area (Å²) < 4.78 is 13.1. The number of piperidine rings is 1. The Morgan fingerprint density at radius 3 is 2.10 bits per heavy atom. The summed E-state index contributed by atoms with van der Waals surface area (Å²) in [5, 5.41) is 33.1. The van der Waals surface area contributed by atoms with Crippen molar-refractivity contribution in [1.82, 2.24) is 15.7 Å². The van der Waals surface area contributed by atoms with Gasteiger partial charge in [-0.25, -0.2) is 5.48 Å². The highest BCUT2D eigenvalue weighted by molar-refractivity contribution is 6.30. The quantitative estimate of drug-likeness (QED) is 0.0863. The first-order valence-corrected chi connectivity index (χ1v) is 17.1. The minimum atomic E-state index is -0.876. The molecule has 0 aromatic heterocycles. The van der Waals surface area contributed by atoms with Gasteiger partial charge in [-0.1, -0.05) is 78.7 Å². The number of halogens is 1. The summed E-state index contributed by atoms with van der Waals surface area (Å²) in [5.74, 6) is -0.465. The maximum absolute atomic E-state index is 12.3. The molecule has 0 radical (unpaired) electrons. The van der Waals surface area contributed by atoms with Crippen molar-refractivity contribution in [2.24, 2.45) is 0 Å². The van der Waals surface area contributed by atoms with Crippen LogP contribution in [-0.4, -0.2) is 57.9 Å². The van der Waals surface area contributed by atoms with Crippen LogP contribution in [0.2, 0.25) is 5.02 Å². The number of hydrogen-bond acceptors (Lipinski definition) is 8. The summed E-state index contributed by atoms with van der Waals surface area (Å²) >= 11 is 6.07. The third kappa shape index (κ3) is 10.1. The molecule has 48 heavy (non-hydrogen) atoms. The topological polar surface area (TPSA) is 141 Å². The van der Waals surface area contributed by atoms with Gasteiger partial charge in [-0.3, -0.25) is 14.8 Å². The van der Waals surface area contributed by atoms with Gasteiger partial charge in [-0.05, 0) is 60.1 Å². The monoisotopic (exact) mass is 679 g/mol. The molecule has 0 aliphatic carbocycles. The van der Waals surface area contributed by atoms with Crippen LogP contribution in [0.4, 0.5) is 0 Å². The van der Waals surface area contributed by atoms with Crippen molar-refractivity contribution in [2.45, 2.75) is 88.6 Å². The van der Waals surface area contributed by atoms with E-state index in [1.807, 2.05) is 72.8 Å². The number of carbonyl (C=O) groups is 2. The van der Waals surface area contributed by atoms with E-state index in [2.05, 4.69) is 10.2 Å². The molecular formula is C37H46ClN3O7. The van der Waals surface area contributed by atoms with Gasteiger partial charge in [-0.15, -0.1) is 0 Å². The zero-order valence-electron chi connectivity index (χ0n) is 27.2. The average Bonchev–Trinajstić information content (AvgIpc) is 3.12. The molecule has 5 N–H and O–H groups in total. The number of hydroxylamine groups is 1. The van der Waals surface area contributed by atoms with E-state index in [1.54, 1.807) is 5.48 Å². The van der Waals surface area contributed by atoms with Gasteiger partial charge >= 0.3 is 0 Å². The molecule has 0 spiro atoms. The Balaban J connectivity index is 1.17. The SMILES string of the molecule is O=C(CCCCCC(=O)NCc1ccc(C2OC(CN3CCC(O)(c4ccc(Cl)cc4)CC3)CC(c3ccc(CO)cc3)O2)cc1)NO. The molecule has 2 aliphatic rings. The molecule has 2 amide bonds. The maximum atomic E-state index is 12.3. The van der Waals surface area contributed by atoms with Crippen LogP contribution in [0.1, 0.15) is 91.6 Å². The molecule has 3 unspecified atom stereocenters. The first kappa shape index (κ1) is 35.9. The molecule has 3 aromatic carbocycles. The number of rotatable bonds is 14. The molecule has 2 aliphatic heterocycles. The van der Waals surface area contributed by atoms with Gasteiger partial charge in [-0.2, -0.15) is 0 Å². The standard InChI is InChI=1S/C37H46ClN3O7/c38-31-16-14-30(15-17-31)37(45)18-20-41(21-19-37)24-32-22-33(28-10-8-27(25-42)9-11-28)48-36(47-32)29-12-6-26(7-13-29)23-39-34(43)4-2-1-3-5-35(44)40-46/h6-17,32-33,36,42,45-46H,1-5,18-25H2,(H,39,43)(H,40,44). The summed E-state index contributed by atoms with van der Waals surface area (Å²) in [5.41, 5.74) is 5.34. The normalized spacial score (nSPS) is 21.0. The van der Waals surface area contributed by atoms with Crippen molar-refractivity contribution in [3.8, 4) is 0 Å². The van der Waals surface area contributed by atoms with Crippen LogP contribution >= 0.6 is 11.6 Å². The predicted octanol–water partition coefficient (Wildman–Crippen LogP) is 5.43. The number of amides is 2. The number of benzene rings is 3. The second kappa shape index (κ2) is 17.3. The number of carbonyl (C=O) groups excluding carboxylic acids is 2. The van der Waals surface area contributed by atoms with Gasteiger partial charge in [0.15, 0.2) is 6.29 Å². The molecule has 2 heterocycles. The lowest BCUT2D eigenvalue weighted by Gasteiger charge is -2.42. The van der Waals surface area contributed by atoms with Crippen molar-refractivity contribution < 1.29 is 34.5 Å². The van der Waals surface area contributed by atoms with Crippen LogP contribution in [0.3, 0.4) is 0 Å². The molecule has 0 bridgehead atoms. The molecule has 258 valence electrons. The third-order valence-electron chi connectivity index (χ3n) is 9.32. The van der Waals surface area contributed by atoms with Crippen molar-refractivity contribution in [1.29, 1.82) is 0 Å². The number of hydrogen-bond donors (Lipinski definition) is 5. The van der Waals surface area contributed by atoms with Crippen LogP contribution < -0.4 is 10.8 Å². The van der Waals surface area contributed by atoms with E-state index in [4.69, 9.17) is 26.3 Å². The highest BCUT2D eigenvalue weighted by atomic mass is 35.5. The fraction of sp³-hybridized carbons (Fsp3) is 0.459. The van der Waals surface area contributed by atoms with Crippen LogP contribution in [0.15, 0.2) is 72.8 Å². The minimum absolute atomic E-state index is 0.0181. The average molecular weight is 680 g/mol. The molecule has 3 aromatic rings. The van der Waals surface area contributed by atoms with Gasteiger partial charge in [0.25, 0.3) is 0 Å². The summed E-state index contributed by atoms with van der Waals surface area (Å²) in [4.78, 5) is 25.7. The Kier molecular flexibility index (Phi) is 13.0. The van der Waals surface area contributed by atoms with E-state index >= 15 is 0 Å². The van der Waals surface area contributed by atoms with Crippen molar-refractivity contribution in [3.05, 3.63) is 106 Å². The van der Waals surface area contributed by atoms with E-state index < -0.39 is 17.8 Å². The first-order chi connectivity index (χ1) is 23.2. The summed E-state index contributed by atoms with van der Waals surface area (Å²) in [6.07, 6.45) is 3.66. The predicted molar refractivity (Wildman–Crippen MR) is 181 cm³/mol. The van der Waals surface area contributed by atoms with Gasteiger partial charge < -0.3 is 29.9 Å². The summed E-state index contributed by atoms with van der Waals surface area (Å²) in [6.45, 7) is 2.57. The van der Waals surface area contributed by atoms with Crippen LogP contribution in [0.5, 0.6) is 0 Å². The summed E-state index contributed by atoms with van der Waals surface area (Å²) in [7, 11) is 0. The van der Waals surface area contributed by atoms with E-state index in [9.17, 15) is 19.8 Å². The number of nitrogens with one attached hydrogen (secondary N) is 2. The van der Waals surface area contributed by atoms with Gasteiger partial charge in [0.1, 0.15) is 0 Å². The molecule has 10 nitrogen and oxygen atoms in total. The number of aliphatic hydroxyl groups is 2. The van der Waals surface area contributed by atoms with E-state index in [-0.39, 0.29) is 31.1 Å². The Labute approximate surface area is 287 Å². The van der Waals surface area contributed by atoms with Crippen LogP contribution in [0, 0.1) is 0 Å². The second-order valence-corrected chi connectivity index (χ2v) is 13.2. The first-order valence-electron chi connectivity index (χ1n) is 16.7. The molecule has 0 saturated carbocycles. The Morgan fingerprint density at radius 2 is 1.46 bits per heavy atom. The van der Waals surface area contributed by atoms with Crippen molar-refractivity contribution >= 4 is 23.4 Å². The Hall–Kier alpha value is -3.35. The number of unbranched alkanes of at least 4 members (excludes halogenated alkanes) is 2. The zero-order valence-corrected chi connectivity index (χ0v) is 27.9. The van der Waals surface area contributed by atoms with E-state index in [0.717, 1.165) is 47.3 Å². The number of likely N-dealkylation sites (tertiary alicyclic amines) is 1. The molecule has 2 fully saturated rings. The van der Waals surface area contributed by atoms with Gasteiger partial charge in [0, 0.05) is 56.0 Å². The second-order valence-electron chi connectivity index (χ2n) is 12.8. The van der Waals surface area contributed by atoms with Crippen LogP contribution in [-0.2, 0) is 37.8 Å². The largest absolute Gasteiger partial charge is 0.392 e. The fourth-order valence-corrected chi connectivity index (χ4v) is 6.49. The number of aliphatic hydroxyl groups excluding tert-OH is 1. The number of ether oxygens (including phenoxy) is 2. The molecule has 11 heteroatoms. The Morgan fingerprint density at radius 1 is 0.833 bits per heavy atom. The van der Waals surface area contributed by atoms with E-state index in [1.165, 1.54) is 0 Å². The zero-order chi connectivity index (χ0) is 33.9. The fourth-order valence-electron chi connectivity index (χ4n) is 6.36. The van der Waals surface area contributed by atoms with E-state index in [0.29, 0.717) is 56.6 Å². The molecular weight excluding hydrogens is 634 g/mol.